The molecule has 1 aromatic heterocycles. The molecule has 2 aliphatic rings. The van der Waals surface area contributed by atoms with Crippen LogP contribution in [0, 0.1) is 17.2 Å². The normalized spacial score (nSPS) is 24.5. The van der Waals surface area contributed by atoms with Crippen molar-refractivity contribution in [1.29, 1.82) is 5.26 Å². The van der Waals surface area contributed by atoms with Crippen LogP contribution in [-0.2, 0) is 34.6 Å². The Labute approximate surface area is 409 Å². The van der Waals surface area contributed by atoms with E-state index in [1.165, 1.54) is 24.9 Å². The van der Waals surface area contributed by atoms with Gasteiger partial charge in [-0.1, -0.05) is 6.42 Å². The standard InChI is InChI=1S/C26H41N7O10S2.3K/c1-17(34)29-22-14-19(32(10-4-12-44(37,38)39)11-5-13-45(40,41)42)8-9-21(22)30-31-25-18(15-27)16-28-33(25)24-20(26(35)36)6-3-7-23(24)43-2;;;/h16,19-24H,3-14H2,1-2H3,(H,29,34)(H,35,36)(H,37,38,39)(H,40,41,42);;;/q;3*+1/p-3. The van der Waals surface area contributed by atoms with Crippen molar-refractivity contribution in [2.24, 2.45) is 16.1 Å². The summed E-state index contributed by atoms with van der Waals surface area (Å²) in [5.74, 6) is -3.74. The third-order valence-corrected chi connectivity index (χ3v) is 9.82. The molecule has 6 atom stereocenters. The van der Waals surface area contributed by atoms with Gasteiger partial charge < -0.3 is 34.0 Å². The summed E-state index contributed by atoms with van der Waals surface area (Å²) in [7, 11) is -7.48. The maximum absolute atomic E-state index is 12.1. The van der Waals surface area contributed by atoms with Crippen molar-refractivity contribution < 1.29 is 200 Å². The van der Waals surface area contributed by atoms with E-state index >= 15 is 0 Å². The molecule has 0 bridgehead atoms. The van der Waals surface area contributed by atoms with Crippen molar-refractivity contribution in [2.45, 2.75) is 88.6 Å². The molecule has 0 aromatic carbocycles. The van der Waals surface area contributed by atoms with E-state index in [1.54, 1.807) is 0 Å². The number of azo groups is 1. The largest absolute Gasteiger partial charge is 1.00 e. The summed E-state index contributed by atoms with van der Waals surface area (Å²) < 4.78 is 73.8. The van der Waals surface area contributed by atoms with Crippen molar-refractivity contribution in [3.63, 3.8) is 0 Å². The van der Waals surface area contributed by atoms with Crippen LogP contribution in [-0.4, -0.2) is 108 Å². The van der Waals surface area contributed by atoms with Gasteiger partial charge in [-0.25, -0.2) is 21.5 Å². The first-order valence-corrected chi connectivity index (χ1v) is 17.8. The van der Waals surface area contributed by atoms with Gasteiger partial charge >= 0.3 is 154 Å². The molecule has 22 heteroatoms. The Morgan fingerprint density at radius 1 is 1.08 bits per heavy atom. The van der Waals surface area contributed by atoms with E-state index in [0.29, 0.717) is 38.5 Å². The van der Waals surface area contributed by atoms with Crippen molar-refractivity contribution in [1.82, 2.24) is 20.0 Å². The molecule has 0 radical (unpaired) electrons. The average Bonchev–Trinajstić information content (AvgIpc) is 3.36. The number of carboxylic acid groups (broad SMARTS) is 1. The number of methoxy groups -OCH3 is 1. The van der Waals surface area contributed by atoms with Crippen LogP contribution in [0.3, 0.4) is 0 Å². The van der Waals surface area contributed by atoms with Gasteiger partial charge in [0, 0.05) is 43.5 Å². The first-order valence-electron chi connectivity index (χ1n) is 14.6. The molecule has 2 fully saturated rings. The van der Waals surface area contributed by atoms with Crippen LogP contribution in [0.1, 0.15) is 69.9 Å². The Hall–Kier alpha value is 1.89. The van der Waals surface area contributed by atoms with E-state index in [0.717, 1.165) is 0 Å². The Morgan fingerprint density at radius 3 is 2.19 bits per heavy atom. The Morgan fingerprint density at radius 2 is 1.69 bits per heavy atom. The number of ether oxygens (including phenoxy) is 1. The summed E-state index contributed by atoms with van der Waals surface area (Å²) in [4.78, 5) is 25.9. The first-order chi connectivity index (χ1) is 21.1. The molecule has 1 amide bonds. The number of aliphatic carboxylic acids is 1. The minimum absolute atomic E-state index is 0. The zero-order valence-electron chi connectivity index (χ0n) is 28.1. The van der Waals surface area contributed by atoms with Crippen molar-refractivity contribution in [2.75, 3.05) is 31.7 Å². The van der Waals surface area contributed by atoms with E-state index in [9.17, 15) is 45.9 Å². The molecule has 0 spiro atoms. The molecule has 2 saturated carbocycles. The number of hydrogen-bond donors (Lipinski definition) is 1. The molecule has 1 N–H and O–H groups in total. The van der Waals surface area contributed by atoms with Gasteiger partial charge in [0.1, 0.15) is 11.6 Å². The SMILES string of the molecule is COC1CCCC(C(=O)[O-])C1n1ncc(C#N)c1N=NC1CCC(N(CCCS(=O)(=O)[O-])CCCS(=O)(=O)[O-])CC1NC(C)=O.[K+].[K+].[K+]. The summed E-state index contributed by atoms with van der Waals surface area (Å²) in [6.07, 6.45) is 3.40. The number of carbonyl (C=O) groups excluding carboxylic acids is 2. The van der Waals surface area contributed by atoms with Gasteiger partial charge in [0.2, 0.25) is 5.91 Å². The van der Waals surface area contributed by atoms with Crippen molar-refractivity contribution in [3.05, 3.63) is 11.8 Å². The topological polar surface area (TPSA) is 262 Å². The zero-order valence-corrected chi connectivity index (χ0v) is 39.1. The predicted molar refractivity (Wildman–Crippen MR) is 153 cm³/mol. The molecule has 2 aliphatic carbocycles. The fourth-order valence-electron chi connectivity index (χ4n) is 6.25. The van der Waals surface area contributed by atoms with Crippen LogP contribution in [0.2, 0.25) is 0 Å². The number of carbonyl (C=O) groups is 2. The zero-order chi connectivity index (χ0) is 33.4. The minimum Gasteiger partial charge on any atom is -0.748 e. The second kappa shape index (κ2) is 23.6. The van der Waals surface area contributed by atoms with Gasteiger partial charge in [0.05, 0.1) is 50.7 Å². The van der Waals surface area contributed by atoms with Crippen LogP contribution in [0.4, 0.5) is 5.82 Å². The molecule has 1 heterocycles. The minimum atomic E-state index is -4.47. The van der Waals surface area contributed by atoms with E-state index < -0.39 is 67.9 Å². The molecule has 6 unspecified atom stereocenters. The molecule has 48 heavy (non-hydrogen) atoms. The Balaban J connectivity index is 0.00000736. The quantitative estimate of drug-likeness (QED) is 0.0985. The van der Waals surface area contributed by atoms with Crippen LogP contribution < -0.4 is 165 Å². The fraction of sp³-hybridized carbons (Fsp3) is 0.769. The number of nitriles is 1. The Bertz CT molecular complexity index is 1450. The number of aromatic nitrogens is 2. The van der Waals surface area contributed by atoms with Gasteiger partial charge in [-0.15, -0.1) is 5.11 Å². The third kappa shape index (κ3) is 16.1. The summed E-state index contributed by atoms with van der Waals surface area (Å²) in [6.45, 7) is 1.62. The third-order valence-electron chi connectivity index (χ3n) is 8.25. The molecule has 3 rings (SSSR count). The maximum atomic E-state index is 12.1. The number of amides is 1. The predicted octanol–water partition coefficient (Wildman–Crippen LogP) is -9.45. The number of carboxylic acids is 1. The molecule has 17 nitrogen and oxygen atoms in total. The summed E-state index contributed by atoms with van der Waals surface area (Å²) in [5.41, 5.74) is 0.0638. The fourth-order valence-corrected chi connectivity index (χ4v) is 7.21. The van der Waals surface area contributed by atoms with Crippen LogP contribution >= 0.6 is 0 Å². The van der Waals surface area contributed by atoms with Crippen molar-refractivity contribution >= 4 is 37.9 Å². The van der Waals surface area contributed by atoms with Crippen LogP contribution in [0.25, 0.3) is 0 Å². The summed E-state index contributed by atoms with van der Waals surface area (Å²) >= 11 is 0. The van der Waals surface area contributed by atoms with E-state index in [1.807, 2.05) is 11.0 Å². The summed E-state index contributed by atoms with van der Waals surface area (Å²) in [6, 6.07) is -0.217. The molecule has 0 aliphatic heterocycles. The smallest absolute Gasteiger partial charge is 0.748 e. The summed E-state index contributed by atoms with van der Waals surface area (Å²) in [5, 5.41) is 37.6. The Kier molecular flexibility index (Phi) is 24.6. The van der Waals surface area contributed by atoms with Gasteiger partial charge in [0.25, 0.3) is 0 Å². The van der Waals surface area contributed by atoms with E-state index in [-0.39, 0.29) is 203 Å². The maximum Gasteiger partial charge on any atom is 1.00 e. The number of nitrogens with one attached hydrogen (secondary N) is 1. The number of rotatable bonds is 15. The van der Waals surface area contributed by atoms with E-state index in [4.69, 9.17) is 4.74 Å². The molecule has 0 saturated heterocycles. The van der Waals surface area contributed by atoms with Crippen LogP contribution in [0.15, 0.2) is 16.4 Å². The van der Waals surface area contributed by atoms with Gasteiger partial charge in [-0.2, -0.15) is 15.5 Å². The van der Waals surface area contributed by atoms with Gasteiger partial charge in [-0.05, 0) is 58.0 Å². The first kappa shape index (κ1) is 49.9. The average molecular weight is 790 g/mol. The molecule has 1 aromatic rings. The molecular weight excluding hydrogens is 752 g/mol. The van der Waals surface area contributed by atoms with Crippen LogP contribution in [0.5, 0.6) is 0 Å². The number of nitrogens with zero attached hydrogens (tertiary/aromatic N) is 6. The number of hydrogen-bond acceptors (Lipinski definition) is 15. The van der Waals surface area contributed by atoms with Gasteiger partial charge in [0.15, 0.2) is 5.82 Å². The van der Waals surface area contributed by atoms with Gasteiger partial charge in [-0.3, -0.25) is 4.79 Å². The molecule has 252 valence electrons. The van der Waals surface area contributed by atoms with E-state index in [2.05, 4.69) is 20.6 Å². The molecular formula is C26H38K3N7O10S2. The monoisotopic (exact) mass is 789 g/mol. The second-order valence-corrected chi connectivity index (χ2v) is 14.4. The van der Waals surface area contributed by atoms with Crippen molar-refractivity contribution in [3.8, 4) is 6.07 Å². The second-order valence-electron chi connectivity index (χ2n) is 11.4.